The van der Waals surface area contributed by atoms with Gasteiger partial charge in [0.05, 0.1) is 12.5 Å². The van der Waals surface area contributed by atoms with Crippen molar-refractivity contribution in [2.24, 2.45) is 5.10 Å². The summed E-state index contributed by atoms with van der Waals surface area (Å²) in [7, 11) is 0. The summed E-state index contributed by atoms with van der Waals surface area (Å²) in [4.78, 5) is 24.1. The molecule has 1 amide bonds. The van der Waals surface area contributed by atoms with Crippen molar-refractivity contribution >= 4 is 51.7 Å². The molecule has 0 fully saturated rings. The Morgan fingerprint density at radius 1 is 1.14 bits per heavy atom. The summed E-state index contributed by atoms with van der Waals surface area (Å²) >= 11 is 9.16. The van der Waals surface area contributed by atoms with Crippen LogP contribution in [0.2, 0.25) is 5.02 Å². The molecule has 1 N–H and O–H groups in total. The molecule has 3 rings (SSSR count). The zero-order valence-electron chi connectivity index (χ0n) is 14.8. The smallest absolute Gasteiger partial charge is 0.336 e. The summed E-state index contributed by atoms with van der Waals surface area (Å²) in [6, 6.07) is 14.9. The minimum absolute atomic E-state index is 0.284. The van der Waals surface area contributed by atoms with E-state index in [0.29, 0.717) is 21.9 Å². The molecular formula is C21H14BrClN2O4. The molecule has 0 radical (unpaired) electrons. The molecule has 0 aliphatic heterocycles. The third-order valence-corrected chi connectivity index (χ3v) is 4.33. The van der Waals surface area contributed by atoms with Crippen molar-refractivity contribution in [1.82, 2.24) is 5.43 Å². The number of carbonyl (C=O) groups excluding carboxylic acids is 2. The van der Waals surface area contributed by atoms with Crippen LogP contribution in [0.5, 0.6) is 5.75 Å². The van der Waals surface area contributed by atoms with Gasteiger partial charge in [-0.05, 0) is 60.7 Å². The molecule has 29 heavy (non-hydrogen) atoms. The van der Waals surface area contributed by atoms with E-state index in [4.69, 9.17) is 20.8 Å². The second-order valence-corrected chi connectivity index (χ2v) is 7.01. The fourth-order valence-electron chi connectivity index (χ4n) is 2.22. The minimum Gasteiger partial charge on any atom is -0.465 e. The third-order valence-electron chi connectivity index (χ3n) is 3.59. The molecule has 8 heteroatoms. The highest BCUT2D eigenvalue weighted by molar-refractivity contribution is 9.10. The van der Waals surface area contributed by atoms with Crippen molar-refractivity contribution in [3.8, 4) is 5.75 Å². The Hall–Kier alpha value is -3.16. The van der Waals surface area contributed by atoms with Crippen LogP contribution in [-0.2, 0) is 4.79 Å². The lowest BCUT2D eigenvalue weighted by Crippen LogP contribution is -2.17. The molecule has 0 saturated carbocycles. The number of rotatable bonds is 6. The monoisotopic (exact) mass is 472 g/mol. The molecule has 6 nitrogen and oxygen atoms in total. The van der Waals surface area contributed by atoms with E-state index in [1.165, 1.54) is 24.6 Å². The van der Waals surface area contributed by atoms with Crippen LogP contribution in [0.4, 0.5) is 0 Å². The first-order chi connectivity index (χ1) is 14.0. The molecule has 3 aromatic rings. The number of esters is 1. The number of hydrazone groups is 1. The molecule has 0 atom stereocenters. The van der Waals surface area contributed by atoms with Gasteiger partial charge in [-0.25, -0.2) is 10.2 Å². The Morgan fingerprint density at radius 3 is 2.66 bits per heavy atom. The molecule has 1 heterocycles. The number of hydrogen-bond donors (Lipinski definition) is 1. The van der Waals surface area contributed by atoms with E-state index in [1.807, 2.05) is 0 Å². The molecule has 0 saturated heterocycles. The second kappa shape index (κ2) is 9.86. The van der Waals surface area contributed by atoms with Gasteiger partial charge in [-0.1, -0.05) is 27.5 Å². The number of nitrogens with zero attached hydrogens (tertiary/aromatic N) is 1. The Bertz CT molecular complexity index is 1060. The number of ether oxygens (including phenoxy) is 1. The van der Waals surface area contributed by atoms with Crippen LogP contribution in [0.3, 0.4) is 0 Å². The predicted octanol–water partition coefficient (Wildman–Crippen LogP) is 5.08. The summed E-state index contributed by atoms with van der Waals surface area (Å²) in [6.45, 7) is 0. The molecule has 0 bridgehead atoms. The molecule has 0 aliphatic carbocycles. The van der Waals surface area contributed by atoms with Gasteiger partial charge >= 0.3 is 5.97 Å². The van der Waals surface area contributed by atoms with Crippen LogP contribution in [0.15, 0.2) is 80.9 Å². The maximum Gasteiger partial charge on any atom is 0.336 e. The normalized spacial score (nSPS) is 11.1. The average molecular weight is 474 g/mol. The van der Waals surface area contributed by atoms with E-state index in [2.05, 4.69) is 26.5 Å². The van der Waals surface area contributed by atoms with Gasteiger partial charge in [0.25, 0.3) is 5.91 Å². The Morgan fingerprint density at radius 2 is 1.93 bits per heavy atom. The summed E-state index contributed by atoms with van der Waals surface area (Å²) in [5.41, 5.74) is 3.32. The van der Waals surface area contributed by atoms with Gasteiger partial charge in [0.1, 0.15) is 11.5 Å². The maximum atomic E-state index is 12.1. The van der Waals surface area contributed by atoms with Crippen LogP contribution in [0, 0.1) is 0 Å². The molecule has 0 aliphatic rings. The minimum atomic E-state index is -0.580. The largest absolute Gasteiger partial charge is 0.465 e. The van der Waals surface area contributed by atoms with Crippen molar-refractivity contribution < 1.29 is 18.7 Å². The molecule has 2 aromatic carbocycles. The Kier molecular flexibility index (Phi) is 6.99. The first-order valence-corrected chi connectivity index (χ1v) is 9.50. The van der Waals surface area contributed by atoms with Crippen LogP contribution < -0.4 is 10.2 Å². The SMILES string of the molecule is O=C(/C=C\c1ccco1)Oc1ccc(Br)cc1/C=N/NC(=O)c1ccc(Cl)cc1. The highest BCUT2D eigenvalue weighted by atomic mass is 79.9. The first-order valence-electron chi connectivity index (χ1n) is 8.33. The van der Waals surface area contributed by atoms with E-state index >= 15 is 0 Å². The number of benzene rings is 2. The number of carbonyl (C=O) groups is 2. The fourth-order valence-corrected chi connectivity index (χ4v) is 2.72. The van der Waals surface area contributed by atoms with Crippen molar-refractivity contribution in [3.63, 3.8) is 0 Å². The van der Waals surface area contributed by atoms with Crippen LogP contribution in [0.25, 0.3) is 6.08 Å². The van der Waals surface area contributed by atoms with Crippen LogP contribution in [-0.4, -0.2) is 18.1 Å². The Balaban J connectivity index is 1.67. The van der Waals surface area contributed by atoms with Crippen molar-refractivity contribution in [2.45, 2.75) is 0 Å². The third kappa shape index (κ3) is 6.17. The molecule has 1 aromatic heterocycles. The van der Waals surface area contributed by atoms with Crippen molar-refractivity contribution in [2.75, 3.05) is 0 Å². The van der Waals surface area contributed by atoms with Crippen molar-refractivity contribution in [3.05, 3.63) is 93.3 Å². The number of hydrogen-bond acceptors (Lipinski definition) is 5. The number of amides is 1. The van der Waals surface area contributed by atoms with E-state index in [1.54, 1.807) is 54.6 Å². The summed E-state index contributed by atoms with van der Waals surface area (Å²) in [6.07, 6.45) is 5.65. The topological polar surface area (TPSA) is 80.9 Å². The maximum absolute atomic E-state index is 12.1. The molecule has 0 unspecified atom stereocenters. The number of nitrogens with one attached hydrogen (secondary N) is 1. The first kappa shape index (κ1) is 20.6. The van der Waals surface area contributed by atoms with E-state index in [9.17, 15) is 9.59 Å². The average Bonchev–Trinajstić information content (AvgIpc) is 3.22. The van der Waals surface area contributed by atoms with Crippen LogP contribution in [0.1, 0.15) is 21.7 Å². The molecule has 0 spiro atoms. The summed E-state index contributed by atoms with van der Waals surface area (Å²) in [5, 5.41) is 4.47. The lowest BCUT2D eigenvalue weighted by molar-refractivity contribution is -0.128. The number of furan rings is 1. The Labute approximate surface area is 179 Å². The standard InChI is InChI=1S/C21H14BrClN2O4/c22-16-5-9-19(29-20(26)10-8-18-2-1-11-28-18)15(12-16)13-24-25-21(27)14-3-6-17(23)7-4-14/h1-13H,(H,25,27)/b10-8-,24-13+. The number of halogens is 2. The zero-order chi connectivity index (χ0) is 20.6. The predicted molar refractivity (Wildman–Crippen MR) is 114 cm³/mol. The lowest BCUT2D eigenvalue weighted by atomic mass is 10.2. The van der Waals surface area contributed by atoms with Gasteiger partial charge < -0.3 is 9.15 Å². The van der Waals surface area contributed by atoms with E-state index < -0.39 is 11.9 Å². The summed E-state index contributed by atoms with van der Waals surface area (Å²) in [5.74, 6) is -0.160. The van der Waals surface area contributed by atoms with E-state index in [-0.39, 0.29) is 5.75 Å². The highest BCUT2D eigenvalue weighted by Crippen LogP contribution is 2.22. The quantitative estimate of drug-likeness (QED) is 0.178. The molecular weight excluding hydrogens is 460 g/mol. The lowest BCUT2D eigenvalue weighted by Gasteiger charge is -2.06. The molecule has 146 valence electrons. The van der Waals surface area contributed by atoms with Crippen molar-refractivity contribution in [1.29, 1.82) is 0 Å². The van der Waals surface area contributed by atoms with Gasteiger partial charge in [-0.2, -0.15) is 5.10 Å². The van der Waals surface area contributed by atoms with Crippen LogP contribution >= 0.6 is 27.5 Å². The van der Waals surface area contributed by atoms with E-state index in [0.717, 1.165) is 4.47 Å². The fraction of sp³-hybridized carbons (Fsp3) is 0. The van der Waals surface area contributed by atoms with Gasteiger partial charge in [-0.3, -0.25) is 4.79 Å². The summed E-state index contributed by atoms with van der Waals surface area (Å²) < 4.78 is 11.2. The zero-order valence-corrected chi connectivity index (χ0v) is 17.2. The van der Waals surface area contributed by atoms with Gasteiger partial charge in [-0.15, -0.1) is 0 Å². The van der Waals surface area contributed by atoms with Gasteiger partial charge in [0, 0.05) is 26.7 Å². The van der Waals surface area contributed by atoms with Gasteiger partial charge in [0.2, 0.25) is 0 Å². The highest BCUT2D eigenvalue weighted by Gasteiger charge is 2.08. The second-order valence-electron chi connectivity index (χ2n) is 5.66. The van der Waals surface area contributed by atoms with Gasteiger partial charge in [0.15, 0.2) is 0 Å².